The van der Waals surface area contributed by atoms with Crippen LogP contribution in [0.5, 0.6) is 0 Å². The smallest absolute Gasteiger partial charge is 0.227 e. The number of rotatable bonds is 14. The number of nitrogens with one attached hydrogen (secondary N) is 5. The maximum Gasteiger partial charge on any atom is 0.227 e. The molecule has 0 aromatic carbocycles. The number of anilines is 2. The second-order valence-electron chi connectivity index (χ2n) is 10.5. The van der Waals surface area contributed by atoms with Gasteiger partial charge in [-0.1, -0.05) is 24.5 Å². The molecule has 0 unspecified atom stereocenters. The van der Waals surface area contributed by atoms with Crippen LogP contribution in [0.25, 0.3) is 11.0 Å². The van der Waals surface area contributed by atoms with E-state index in [0.29, 0.717) is 24.2 Å². The predicted molar refractivity (Wildman–Crippen MR) is 151 cm³/mol. The Kier molecular flexibility index (Phi) is 10.1. The van der Waals surface area contributed by atoms with E-state index >= 15 is 0 Å². The molecular formula is C27H43N11. The summed E-state index contributed by atoms with van der Waals surface area (Å²) in [4.78, 5) is 13.8. The molecule has 4 heterocycles. The number of aryl methyl sites for hydroxylation is 1. The molecule has 5 N–H and O–H groups in total. The van der Waals surface area contributed by atoms with Crippen LogP contribution in [0.15, 0.2) is 24.5 Å². The standard InChI is InChI=1S/C27H43N11/c1-2-7-21(8-3-1)30-15-5-12-28-13-6-18-38-20-23(36-37-38)19-32-27-34-25-24(9-4-14-31-25)26(35-27)33-22-10-16-29-17-11-22/h4,9,14,20-22,28-30H,1-3,5-8,10-13,15-19H2,(H2,31,32,33,34,35). The van der Waals surface area contributed by atoms with E-state index < -0.39 is 0 Å². The first-order chi connectivity index (χ1) is 18.8. The first-order valence-electron chi connectivity index (χ1n) is 14.5. The molecule has 11 heteroatoms. The normalized spacial score (nSPS) is 17.2. The lowest BCUT2D eigenvalue weighted by molar-refractivity contribution is 0.371. The van der Waals surface area contributed by atoms with Crippen molar-refractivity contribution in [3.8, 4) is 0 Å². The highest BCUT2D eigenvalue weighted by molar-refractivity contribution is 5.87. The Bertz CT molecular complexity index is 1110. The van der Waals surface area contributed by atoms with E-state index in [1.807, 2.05) is 23.0 Å². The van der Waals surface area contributed by atoms with E-state index in [1.165, 1.54) is 38.5 Å². The average Bonchev–Trinajstić information content (AvgIpc) is 3.42. The molecule has 38 heavy (non-hydrogen) atoms. The lowest BCUT2D eigenvalue weighted by Crippen LogP contribution is -2.35. The number of aromatic nitrogens is 6. The Morgan fingerprint density at radius 2 is 1.82 bits per heavy atom. The Morgan fingerprint density at radius 1 is 0.947 bits per heavy atom. The fraction of sp³-hybridized carbons (Fsp3) is 0.667. The van der Waals surface area contributed by atoms with Gasteiger partial charge in [0.05, 0.1) is 18.1 Å². The van der Waals surface area contributed by atoms with Crippen LogP contribution in [-0.2, 0) is 13.1 Å². The molecule has 1 aliphatic heterocycles. The molecule has 2 aliphatic rings. The van der Waals surface area contributed by atoms with Crippen LogP contribution in [0, 0.1) is 0 Å². The molecule has 0 atom stereocenters. The molecule has 1 aliphatic carbocycles. The molecule has 5 rings (SSSR count). The zero-order valence-electron chi connectivity index (χ0n) is 22.5. The highest BCUT2D eigenvalue weighted by Gasteiger charge is 2.16. The van der Waals surface area contributed by atoms with Crippen LogP contribution in [0.3, 0.4) is 0 Å². The third-order valence-electron chi connectivity index (χ3n) is 7.47. The van der Waals surface area contributed by atoms with Crippen molar-refractivity contribution >= 4 is 22.8 Å². The fourth-order valence-electron chi connectivity index (χ4n) is 5.33. The summed E-state index contributed by atoms with van der Waals surface area (Å²) < 4.78 is 1.91. The van der Waals surface area contributed by atoms with Gasteiger partial charge < -0.3 is 26.6 Å². The quantitative estimate of drug-likeness (QED) is 0.202. The summed E-state index contributed by atoms with van der Waals surface area (Å²) in [5, 5.41) is 27.1. The van der Waals surface area contributed by atoms with E-state index in [2.05, 4.69) is 46.9 Å². The van der Waals surface area contributed by atoms with Crippen molar-refractivity contribution in [3.05, 3.63) is 30.2 Å². The van der Waals surface area contributed by atoms with E-state index in [-0.39, 0.29) is 0 Å². The van der Waals surface area contributed by atoms with E-state index in [1.54, 1.807) is 6.20 Å². The Morgan fingerprint density at radius 3 is 2.71 bits per heavy atom. The third kappa shape index (κ3) is 8.05. The van der Waals surface area contributed by atoms with Gasteiger partial charge in [-0.25, -0.2) is 4.98 Å². The zero-order chi connectivity index (χ0) is 25.8. The van der Waals surface area contributed by atoms with Gasteiger partial charge in [0, 0.05) is 24.8 Å². The summed E-state index contributed by atoms with van der Waals surface area (Å²) in [6.07, 6.45) is 15.0. The van der Waals surface area contributed by atoms with Gasteiger partial charge in [-0.05, 0) is 83.4 Å². The highest BCUT2D eigenvalue weighted by atomic mass is 15.4. The van der Waals surface area contributed by atoms with Crippen molar-refractivity contribution in [1.82, 2.24) is 45.9 Å². The molecule has 0 spiro atoms. The molecule has 206 valence electrons. The lowest BCUT2D eigenvalue weighted by atomic mass is 9.95. The second kappa shape index (κ2) is 14.3. The summed E-state index contributed by atoms with van der Waals surface area (Å²) in [5.41, 5.74) is 1.55. The molecule has 0 amide bonds. The van der Waals surface area contributed by atoms with Crippen LogP contribution in [0.4, 0.5) is 11.8 Å². The number of hydrogen-bond acceptors (Lipinski definition) is 10. The van der Waals surface area contributed by atoms with Crippen molar-refractivity contribution in [3.63, 3.8) is 0 Å². The molecule has 11 nitrogen and oxygen atoms in total. The first kappa shape index (κ1) is 26.7. The minimum absolute atomic E-state index is 0.398. The summed E-state index contributed by atoms with van der Waals surface area (Å²) in [6, 6.07) is 5.09. The summed E-state index contributed by atoms with van der Waals surface area (Å²) in [6.45, 7) is 6.56. The highest BCUT2D eigenvalue weighted by Crippen LogP contribution is 2.23. The molecular weight excluding hydrogens is 478 g/mol. The minimum atomic E-state index is 0.398. The van der Waals surface area contributed by atoms with Crippen molar-refractivity contribution < 1.29 is 0 Å². The number of pyridine rings is 1. The van der Waals surface area contributed by atoms with Gasteiger partial charge in [0.1, 0.15) is 11.5 Å². The van der Waals surface area contributed by atoms with Gasteiger partial charge in [0.2, 0.25) is 5.95 Å². The fourth-order valence-corrected chi connectivity index (χ4v) is 5.33. The van der Waals surface area contributed by atoms with Gasteiger partial charge in [-0.3, -0.25) is 4.68 Å². The summed E-state index contributed by atoms with van der Waals surface area (Å²) in [7, 11) is 0. The van der Waals surface area contributed by atoms with E-state index in [9.17, 15) is 0 Å². The monoisotopic (exact) mass is 521 g/mol. The second-order valence-corrected chi connectivity index (χ2v) is 10.5. The molecule has 3 aromatic rings. The van der Waals surface area contributed by atoms with E-state index in [4.69, 9.17) is 4.98 Å². The van der Waals surface area contributed by atoms with Gasteiger partial charge >= 0.3 is 0 Å². The molecule has 2 fully saturated rings. The SMILES string of the molecule is c1cnc2nc(NCc3cn(CCCNCCCNC4CCCCC4)nn3)nc(NC3CCNCC3)c2c1. The van der Waals surface area contributed by atoms with Crippen LogP contribution >= 0.6 is 0 Å². The molecule has 3 aromatic heterocycles. The van der Waals surface area contributed by atoms with Crippen LogP contribution in [0.2, 0.25) is 0 Å². The lowest BCUT2D eigenvalue weighted by Gasteiger charge is -2.24. The minimum Gasteiger partial charge on any atom is -0.367 e. The molecule has 1 saturated carbocycles. The van der Waals surface area contributed by atoms with Crippen LogP contribution in [-0.4, -0.2) is 74.8 Å². The number of fused-ring (bicyclic) bond motifs is 1. The van der Waals surface area contributed by atoms with Gasteiger partial charge in [0.25, 0.3) is 0 Å². The van der Waals surface area contributed by atoms with Gasteiger partial charge in [-0.15, -0.1) is 5.10 Å². The van der Waals surface area contributed by atoms with Crippen LogP contribution < -0.4 is 26.6 Å². The largest absolute Gasteiger partial charge is 0.367 e. The van der Waals surface area contributed by atoms with Crippen molar-refractivity contribution in [2.75, 3.05) is 43.4 Å². The van der Waals surface area contributed by atoms with Crippen molar-refractivity contribution in [1.29, 1.82) is 0 Å². The zero-order valence-corrected chi connectivity index (χ0v) is 22.5. The molecule has 1 saturated heterocycles. The summed E-state index contributed by atoms with van der Waals surface area (Å²) >= 11 is 0. The van der Waals surface area contributed by atoms with Crippen molar-refractivity contribution in [2.24, 2.45) is 0 Å². The number of piperidine rings is 1. The van der Waals surface area contributed by atoms with Crippen molar-refractivity contribution in [2.45, 2.75) is 83.0 Å². The average molecular weight is 522 g/mol. The maximum absolute atomic E-state index is 4.77. The first-order valence-corrected chi connectivity index (χ1v) is 14.5. The van der Waals surface area contributed by atoms with Gasteiger partial charge in [0.15, 0.2) is 5.65 Å². The molecule has 0 bridgehead atoms. The Labute approximate surface area is 225 Å². The Balaban J connectivity index is 1.03. The number of hydrogen-bond donors (Lipinski definition) is 5. The predicted octanol–water partition coefficient (Wildman–Crippen LogP) is 2.68. The number of nitrogens with zero attached hydrogens (tertiary/aromatic N) is 6. The van der Waals surface area contributed by atoms with Gasteiger partial charge in [-0.2, -0.15) is 9.97 Å². The topological polar surface area (TPSA) is 130 Å². The van der Waals surface area contributed by atoms with E-state index in [0.717, 1.165) is 81.5 Å². The Hall–Kier alpha value is -2.89. The summed E-state index contributed by atoms with van der Waals surface area (Å²) in [5.74, 6) is 1.38. The van der Waals surface area contributed by atoms with Crippen LogP contribution in [0.1, 0.15) is 63.5 Å². The maximum atomic E-state index is 4.77. The third-order valence-corrected chi connectivity index (χ3v) is 7.47. The molecule has 0 radical (unpaired) electrons.